The van der Waals surface area contributed by atoms with Crippen molar-refractivity contribution in [3.63, 3.8) is 0 Å². The van der Waals surface area contributed by atoms with Gasteiger partial charge in [0.05, 0.1) is 17.7 Å². The number of thiazole rings is 1. The molecule has 32 heavy (non-hydrogen) atoms. The topological polar surface area (TPSA) is 88.6 Å². The number of sulfonamides is 1. The molecule has 2 aromatic rings. The van der Waals surface area contributed by atoms with Crippen molar-refractivity contribution in [2.24, 2.45) is 5.92 Å². The van der Waals surface area contributed by atoms with Gasteiger partial charge in [-0.1, -0.05) is 24.2 Å². The van der Waals surface area contributed by atoms with E-state index in [4.69, 9.17) is 4.74 Å². The lowest BCUT2D eigenvalue weighted by Crippen LogP contribution is -2.42. The summed E-state index contributed by atoms with van der Waals surface area (Å²) < 4.78 is 34.0. The van der Waals surface area contributed by atoms with Gasteiger partial charge in [0.25, 0.3) is 0 Å². The lowest BCUT2D eigenvalue weighted by molar-refractivity contribution is -0.119. The second-order valence-electron chi connectivity index (χ2n) is 8.79. The molecule has 3 rings (SSSR count). The number of carbonyl (C=O) groups is 1. The zero-order chi connectivity index (χ0) is 23.6. The fourth-order valence-electron chi connectivity index (χ4n) is 4.40. The maximum atomic E-state index is 13.5. The largest absolute Gasteiger partial charge is 0.495 e. The average Bonchev–Trinajstić information content (AvgIpc) is 3.36. The highest BCUT2D eigenvalue weighted by Crippen LogP contribution is 2.38. The highest BCUT2D eigenvalue weighted by atomic mass is 32.2. The minimum absolute atomic E-state index is 0.0188. The number of carbonyl (C=O) groups excluding carboxylic acids is 1. The van der Waals surface area contributed by atoms with Crippen LogP contribution in [0.5, 0.6) is 5.75 Å². The van der Waals surface area contributed by atoms with Crippen molar-refractivity contribution >= 4 is 32.4 Å². The van der Waals surface area contributed by atoms with Crippen LogP contribution in [-0.4, -0.2) is 42.8 Å². The van der Waals surface area contributed by atoms with Crippen molar-refractivity contribution in [2.75, 3.05) is 12.4 Å². The number of aryl methyl sites for hydroxylation is 1. The smallest absolute Gasteiger partial charge is 0.247 e. The van der Waals surface area contributed by atoms with E-state index in [0.29, 0.717) is 10.9 Å². The van der Waals surface area contributed by atoms with Gasteiger partial charge in [-0.25, -0.2) is 13.4 Å². The van der Waals surface area contributed by atoms with E-state index in [1.54, 1.807) is 12.1 Å². The summed E-state index contributed by atoms with van der Waals surface area (Å²) in [5.41, 5.74) is 1.48. The van der Waals surface area contributed by atoms with E-state index in [2.05, 4.69) is 10.3 Å². The lowest BCUT2D eigenvalue weighted by atomic mass is 10.1. The predicted molar refractivity (Wildman–Crippen MR) is 129 cm³/mol. The molecule has 0 bridgehead atoms. The Bertz CT molecular complexity index is 1060. The molecule has 1 fully saturated rings. The van der Waals surface area contributed by atoms with Gasteiger partial charge in [-0.2, -0.15) is 4.31 Å². The Morgan fingerprint density at radius 1 is 1.19 bits per heavy atom. The number of nitrogens with one attached hydrogen (secondary N) is 1. The molecule has 0 saturated heterocycles. The van der Waals surface area contributed by atoms with Gasteiger partial charge in [-0.15, -0.1) is 0 Å². The molecule has 176 valence electrons. The van der Waals surface area contributed by atoms with Crippen LogP contribution >= 0.6 is 11.3 Å². The number of nitrogens with zero attached hydrogens (tertiary/aromatic N) is 2. The summed E-state index contributed by atoms with van der Waals surface area (Å²) in [7, 11) is -2.32. The van der Waals surface area contributed by atoms with E-state index in [9.17, 15) is 13.2 Å². The molecule has 1 heterocycles. The Kier molecular flexibility index (Phi) is 7.62. The van der Waals surface area contributed by atoms with Gasteiger partial charge in [0, 0.05) is 18.0 Å². The van der Waals surface area contributed by atoms with Crippen molar-refractivity contribution in [1.29, 1.82) is 0 Å². The van der Waals surface area contributed by atoms with Gasteiger partial charge in [-0.05, 0) is 71.2 Å². The number of benzene rings is 1. The highest BCUT2D eigenvalue weighted by Gasteiger charge is 2.32. The van der Waals surface area contributed by atoms with Gasteiger partial charge < -0.3 is 10.1 Å². The maximum Gasteiger partial charge on any atom is 0.247 e. The molecule has 0 atom stereocenters. The van der Waals surface area contributed by atoms with Crippen LogP contribution in [0.3, 0.4) is 0 Å². The number of rotatable bonds is 8. The lowest BCUT2D eigenvalue weighted by Gasteiger charge is -2.30. The number of aromatic nitrogens is 1. The van der Waals surface area contributed by atoms with Crippen LogP contribution in [0, 0.1) is 12.8 Å². The van der Waals surface area contributed by atoms with E-state index in [1.165, 1.54) is 22.8 Å². The van der Waals surface area contributed by atoms with Gasteiger partial charge in [-0.3, -0.25) is 4.79 Å². The molecular formula is C23H33N3O4S2. The summed E-state index contributed by atoms with van der Waals surface area (Å²) in [6, 6.07) is 4.76. The van der Waals surface area contributed by atoms with E-state index in [1.807, 2.05) is 40.7 Å². The van der Waals surface area contributed by atoms with Crippen molar-refractivity contribution < 1.29 is 17.9 Å². The first-order valence-corrected chi connectivity index (χ1v) is 13.3. The first kappa shape index (κ1) is 24.7. The molecule has 0 radical (unpaired) electrons. The molecule has 0 spiro atoms. The van der Waals surface area contributed by atoms with Gasteiger partial charge >= 0.3 is 0 Å². The van der Waals surface area contributed by atoms with E-state index >= 15 is 0 Å². The molecule has 9 heteroatoms. The molecule has 0 aliphatic heterocycles. The fourth-order valence-corrected chi connectivity index (χ4v) is 7.38. The quantitative estimate of drug-likeness (QED) is 0.571. The highest BCUT2D eigenvalue weighted by molar-refractivity contribution is 7.89. The Labute approximate surface area is 195 Å². The number of anilines is 1. The van der Waals surface area contributed by atoms with Crippen LogP contribution in [-0.2, 0) is 14.8 Å². The molecule has 1 saturated carbocycles. The third-order valence-corrected chi connectivity index (χ3v) is 9.15. The van der Waals surface area contributed by atoms with Crippen LogP contribution in [0.4, 0.5) is 5.13 Å². The maximum absolute atomic E-state index is 13.5. The predicted octanol–water partition coefficient (Wildman–Crippen LogP) is 5.06. The van der Waals surface area contributed by atoms with Crippen molar-refractivity contribution in [3.05, 3.63) is 23.9 Å². The number of methoxy groups -OCH3 is 1. The number of amides is 1. The summed E-state index contributed by atoms with van der Waals surface area (Å²) in [6.45, 7) is 9.31. The second kappa shape index (κ2) is 9.89. The normalized spacial score (nSPS) is 15.2. The van der Waals surface area contributed by atoms with Crippen LogP contribution in [0.15, 0.2) is 23.1 Å². The molecule has 1 aliphatic carbocycles. The number of hydrogen-bond donors (Lipinski definition) is 1. The molecule has 1 aromatic carbocycles. The summed E-state index contributed by atoms with van der Waals surface area (Å²) in [6.07, 6.45) is 4.02. The van der Waals surface area contributed by atoms with E-state index in [-0.39, 0.29) is 28.8 Å². The Hall–Kier alpha value is -1.97. The number of ether oxygens (including phenoxy) is 1. The SMILES string of the molecule is COc1ccc(-c2sc(NC(=O)C3CCCC3)nc2C)cc1S(=O)(=O)N(C(C)C)C(C)C. The standard InChI is InChI=1S/C23H33N3O4S2/c1-14(2)26(15(3)4)32(28,29)20-13-18(11-12-19(20)30-6)21-16(5)24-23(31-21)25-22(27)17-9-7-8-10-17/h11-15,17H,7-10H2,1-6H3,(H,24,25,27). The summed E-state index contributed by atoms with van der Waals surface area (Å²) >= 11 is 1.36. The monoisotopic (exact) mass is 479 g/mol. The molecule has 1 aromatic heterocycles. The summed E-state index contributed by atoms with van der Waals surface area (Å²) in [5.74, 6) is 0.376. The first-order valence-electron chi connectivity index (χ1n) is 11.1. The van der Waals surface area contributed by atoms with E-state index in [0.717, 1.165) is 41.8 Å². The van der Waals surface area contributed by atoms with Crippen LogP contribution in [0.1, 0.15) is 59.1 Å². The third kappa shape index (κ3) is 5.00. The van der Waals surface area contributed by atoms with Gasteiger partial charge in [0.15, 0.2) is 5.13 Å². The Balaban J connectivity index is 1.98. The molecule has 0 unspecified atom stereocenters. The van der Waals surface area contributed by atoms with Crippen LogP contribution < -0.4 is 10.1 Å². The molecule has 1 amide bonds. The molecule has 7 nitrogen and oxygen atoms in total. The van der Waals surface area contributed by atoms with Gasteiger partial charge in [0.1, 0.15) is 10.6 Å². The Morgan fingerprint density at radius 2 is 1.81 bits per heavy atom. The number of hydrogen-bond acceptors (Lipinski definition) is 6. The van der Waals surface area contributed by atoms with Crippen LogP contribution in [0.2, 0.25) is 0 Å². The molecule has 1 N–H and O–H groups in total. The average molecular weight is 480 g/mol. The van der Waals surface area contributed by atoms with Crippen molar-refractivity contribution in [2.45, 2.75) is 77.3 Å². The zero-order valence-electron chi connectivity index (χ0n) is 19.6. The van der Waals surface area contributed by atoms with Crippen molar-refractivity contribution in [1.82, 2.24) is 9.29 Å². The molecular weight excluding hydrogens is 446 g/mol. The first-order chi connectivity index (χ1) is 15.1. The second-order valence-corrected chi connectivity index (χ2v) is 11.6. The van der Waals surface area contributed by atoms with Crippen LogP contribution in [0.25, 0.3) is 10.4 Å². The van der Waals surface area contributed by atoms with Gasteiger partial charge in [0.2, 0.25) is 15.9 Å². The summed E-state index contributed by atoms with van der Waals surface area (Å²) in [5, 5.41) is 3.49. The third-order valence-electron chi connectivity index (χ3n) is 5.75. The zero-order valence-corrected chi connectivity index (χ0v) is 21.3. The minimum Gasteiger partial charge on any atom is -0.495 e. The fraction of sp³-hybridized carbons (Fsp3) is 0.565. The molecule has 1 aliphatic rings. The minimum atomic E-state index is -3.79. The Morgan fingerprint density at radius 3 is 2.38 bits per heavy atom. The van der Waals surface area contributed by atoms with E-state index < -0.39 is 10.0 Å². The van der Waals surface area contributed by atoms with Crippen molar-refractivity contribution in [3.8, 4) is 16.2 Å². The summed E-state index contributed by atoms with van der Waals surface area (Å²) in [4.78, 5) is 18.0.